The van der Waals surface area contributed by atoms with E-state index in [1.807, 2.05) is 6.92 Å². The molecule has 2 unspecified atom stereocenters. The molecule has 1 aromatic rings. The number of aryl methyl sites for hydroxylation is 1. The molecule has 0 spiro atoms. The lowest BCUT2D eigenvalue weighted by Crippen LogP contribution is -2.61. The first-order valence-electron chi connectivity index (χ1n) is 7.14. The van der Waals surface area contributed by atoms with Gasteiger partial charge in [-0.15, -0.1) is 5.10 Å². The molecule has 5 heteroatoms. The molecule has 18 heavy (non-hydrogen) atoms. The highest BCUT2D eigenvalue weighted by Crippen LogP contribution is 2.71. The van der Waals surface area contributed by atoms with E-state index in [-0.39, 0.29) is 17.2 Å². The van der Waals surface area contributed by atoms with E-state index in [1.54, 1.807) is 0 Å². The maximum atomic E-state index is 15.6. The van der Waals surface area contributed by atoms with Gasteiger partial charge in [-0.25, -0.2) is 4.39 Å². The smallest absolute Gasteiger partial charge is 0.159 e. The predicted octanol–water partition coefficient (Wildman–Crippen LogP) is 2.63. The first-order valence-corrected chi connectivity index (χ1v) is 7.14. The van der Waals surface area contributed by atoms with Crippen molar-refractivity contribution >= 4 is 7.28 Å². The van der Waals surface area contributed by atoms with E-state index in [0.29, 0.717) is 5.69 Å². The molecule has 0 saturated heterocycles. The monoisotopic (exact) mass is 249 g/mol. The van der Waals surface area contributed by atoms with Crippen LogP contribution in [0.15, 0.2) is 0 Å². The fraction of sp³-hybridized carbons (Fsp3) is 0.846. The summed E-state index contributed by atoms with van der Waals surface area (Å²) in [6, 6.07) is 0. The van der Waals surface area contributed by atoms with Crippen LogP contribution in [0.4, 0.5) is 4.39 Å². The highest BCUT2D eigenvalue weighted by atomic mass is 19.1. The van der Waals surface area contributed by atoms with Crippen LogP contribution in [0.1, 0.15) is 44.5 Å². The van der Waals surface area contributed by atoms with Crippen molar-refractivity contribution in [3.05, 3.63) is 11.4 Å². The van der Waals surface area contributed by atoms with Crippen LogP contribution in [0, 0.1) is 11.8 Å². The molecule has 0 amide bonds. The minimum atomic E-state index is -1.23. The summed E-state index contributed by atoms with van der Waals surface area (Å²) in [6.45, 7) is 6.47. The third kappa shape index (κ3) is 1.25. The van der Waals surface area contributed by atoms with Gasteiger partial charge in [0.15, 0.2) is 5.67 Å². The van der Waals surface area contributed by atoms with E-state index < -0.39 is 5.67 Å². The molecule has 0 aliphatic heterocycles. The molecule has 0 bridgehead atoms. The SMILES string of the molecule is CB[C@@]1(C)C2CCCCc3nn[nH]c3C2(F)[C@@H]1C. The van der Waals surface area contributed by atoms with Crippen LogP contribution in [-0.2, 0) is 12.1 Å². The normalized spacial score (nSPS) is 43.1. The van der Waals surface area contributed by atoms with Gasteiger partial charge in [-0.1, -0.05) is 32.3 Å². The fourth-order valence-electron chi connectivity index (χ4n) is 4.32. The summed E-state index contributed by atoms with van der Waals surface area (Å²) in [5.41, 5.74) is 0.294. The molecule has 2 aliphatic rings. The number of aromatic nitrogens is 3. The molecule has 1 fully saturated rings. The summed E-state index contributed by atoms with van der Waals surface area (Å²) in [7, 11) is 1.04. The van der Waals surface area contributed by atoms with Gasteiger partial charge in [0.05, 0.1) is 11.4 Å². The van der Waals surface area contributed by atoms with Crippen molar-refractivity contribution in [3.8, 4) is 0 Å². The number of halogens is 1. The summed E-state index contributed by atoms with van der Waals surface area (Å²) >= 11 is 0. The van der Waals surface area contributed by atoms with Crippen molar-refractivity contribution in [2.75, 3.05) is 0 Å². The quantitative estimate of drug-likeness (QED) is 0.777. The number of nitrogens with zero attached hydrogens (tertiary/aromatic N) is 2. The molecule has 3 nitrogen and oxygen atoms in total. The fourth-order valence-corrected chi connectivity index (χ4v) is 4.32. The van der Waals surface area contributed by atoms with Crippen LogP contribution in [0.2, 0.25) is 12.1 Å². The van der Waals surface area contributed by atoms with Crippen molar-refractivity contribution < 1.29 is 4.39 Å². The number of hydrogen-bond acceptors (Lipinski definition) is 2. The van der Waals surface area contributed by atoms with E-state index in [9.17, 15) is 0 Å². The average Bonchev–Trinajstić information content (AvgIpc) is 2.83. The lowest BCUT2D eigenvalue weighted by atomic mass is 9.31. The second kappa shape index (κ2) is 3.81. The van der Waals surface area contributed by atoms with Crippen molar-refractivity contribution in [2.24, 2.45) is 11.8 Å². The number of nitrogens with one attached hydrogen (secondary N) is 1. The highest BCUT2D eigenvalue weighted by Gasteiger charge is 2.68. The Bertz CT molecular complexity index is 463. The van der Waals surface area contributed by atoms with E-state index in [2.05, 4.69) is 29.2 Å². The molecule has 4 atom stereocenters. The van der Waals surface area contributed by atoms with Gasteiger partial charge in [0.2, 0.25) is 0 Å². The van der Waals surface area contributed by atoms with Gasteiger partial charge < -0.3 is 0 Å². The number of rotatable bonds is 1. The Morgan fingerprint density at radius 1 is 1.44 bits per heavy atom. The molecule has 0 aromatic carbocycles. The van der Waals surface area contributed by atoms with Crippen molar-refractivity contribution in [3.63, 3.8) is 0 Å². The molecular formula is C13H21BFN3. The summed E-state index contributed by atoms with van der Waals surface area (Å²) in [4.78, 5) is 0. The summed E-state index contributed by atoms with van der Waals surface area (Å²) in [5.74, 6) is 0.158. The Labute approximate surface area is 108 Å². The molecule has 2 aliphatic carbocycles. The van der Waals surface area contributed by atoms with Crippen molar-refractivity contribution in [1.29, 1.82) is 0 Å². The Hall–Kier alpha value is -0.865. The number of alkyl halides is 1. The molecule has 1 N–H and O–H groups in total. The Kier molecular flexibility index (Phi) is 2.58. The minimum absolute atomic E-state index is 0.0408. The van der Waals surface area contributed by atoms with E-state index in [1.165, 1.54) is 0 Å². The molecular weight excluding hydrogens is 228 g/mol. The van der Waals surface area contributed by atoms with Crippen LogP contribution in [0.3, 0.4) is 0 Å². The Morgan fingerprint density at radius 3 is 2.94 bits per heavy atom. The third-order valence-corrected chi connectivity index (χ3v) is 5.84. The average molecular weight is 249 g/mol. The van der Waals surface area contributed by atoms with Gasteiger partial charge in [-0.2, -0.15) is 0 Å². The Balaban J connectivity index is 2.08. The van der Waals surface area contributed by atoms with Gasteiger partial charge in [0, 0.05) is 0 Å². The zero-order chi connectivity index (χ0) is 13.0. The summed E-state index contributed by atoms with van der Waals surface area (Å²) in [5, 5.41) is 10.9. The standard InChI is InChI=1S/C13H21BFN3/c1-8-12(2,14-3)10-7-5-4-6-9-11(13(8,10)15)17-18-16-9/h8,10,14H,4-7H2,1-3H3,(H,16,17,18)/t8-,10?,12-,13?/m1/s1. The maximum absolute atomic E-state index is 15.6. The lowest BCUT2D eigenvalue weighted by Gasteiger charge is -2.63. The van der Waals surface area contributed by atoms with Crippen molar-refractivity contribution in [2.45, 2.75) is 57.3 Å². The molecule has 3 rings (SSSR count). The first kappa shape index (κ1) is 12.2. The zero-order valence-corrected chi connectivity index (χ0v) is 11.5. The minimum Gasteiger partial charge on any atom is -0.259 e. The number of aromatic amines is 1. The van der Waals surface area contributed by atoms with Gasteiger partial charge >= 0.3 is 0 Å². The molecule has 98 valence electrons. The van der Waals surface area contributed by atoms with Gasteiger partial charge in [-0.05, 0) is 36.4 Å². The van der Waals surface area contributed by atoms with Crippen LogP contribution in [0.25, 0.3) is 0 Å². The molecule has 1 aromatic heterocycles. The maximum Gasteiger partial charge on any atom is 0.159 e. The Morgan fingerprint density at radius 2 is 2.22 bits per heavy atom. The topological polar surface area (TPSA) is 41.6 Å². The summed E-state index contributed by atoms with van der Waals surface area (Å²) < 4.78 is 15.6. The summed E-state index contributed by atoms with van der Waals surface area (Å²) in [6.07, 6.45) is 4.05. The third-order valence-electron chi connectivity index (χ3n) is 5.84. The van der Waals surface area contributed by atoms with E-state index in [0.717, 1.165) is 38.7 Å². The molecule has 1 heterocycles. The van der Waals surface area contributed by atoms with Crippen LogP contribution < -0.4 is 0 Å². The first-order chi connectivity index (χ1) is 8.55. The van der Waals surface area contributed by atoms with Crippen LogP contribution in [0.5, 0.6) is 0 Å². The number of fused-ring (bicyclic) bond motifs is 3. The van der Waals surface area contributed by atoms with E-state index >= 15 is 4.39 Å². The van der Waals surface area contributed by atoms with E-state index in [4.69, 9.17) is 0 Å². The largest absolute Gasteiger partial charge is 0.259 e. The lowest BCUT2D eigenvalue weighted by molar-refractivity contribution is -0.133. The molecule has 0 radical (unpaired) electrons. The number of hydrogen-bond donors (Lipinski definition) is 1. The van der Waals surface area contributed by atoms with Crippen LogP contribution in [-0.4, -0.2) is 22.7 Å². The van der Waals surface area contributed by atoms with Crippen LogP contribution >= 0.6 is 0 Å². The highest BCUT2D eigenvalue weighted by molar-refractivity contribution is 6.39. The molecule has 1 saturated carbocycles. The zero-order valence-electron chi connectivity index (χ0n) is 11.5. The van der Waals surface area contributed by atoms with Gasteiger partial charge in [0.1, 0.15) is 7.28 Å². The second-order valence-corrected chi connectivity index (χ2v) is 6.28. The predicted molar refractivity (Wildman–Crippen MR) is 70.8 cm³/mol. The van der Waals surface area contributed by atoms with Gasteiger partial charge in [-0.3, -0.25) is 5.10 Å². The number of H-pyrrole nitrogens is 1. The van der Waals surface area contributed by atoms with Crippen molar-refractivity contribution in [1.82, 2.24) is 15.4 Å². The second-order valence-electron chi connectivity index (χ2n) is 6.28. The van der Waals surface area contributed by atoms with Gasteiger partial charge in [0.25, 0.3) is 0 Å².